The lowest BCUT2D eigenvalue weighted by Gasteiger charge is -2.15. The number of hydrogen-bond donors (Lipinski definition) is 2. The molecule has 104 valence electrons. The van der Waals surface area contributed by atoms with E-state index in [1.165, 1.54) is 12.1 Å². The number of carbonyl (C=O) groups is 1. The van der Waals surface area contributed by atoms with Gasteiger partial charge in [0.2, 0.25) is 5.91 Å². The zero-order valence-electron chi connectivity index (χ0n) is 10.9. The van der Waals surface area contributed by atoms with Crippen molar-refractivity contribution in [1.82, 2.24) is 0 Å². The van der Waals surface area contributed by atoms with Gasteiger partial charge >= 0.3 is 0 Å². The molecule has 20 heavy (non-hydrogen) atoms. The van der Waals surface area contributed by atoms with Crippen LogP contribution in [0.4, 0.5) is 15.8 Å². The highest BCUT2D eigenvalue weighted by Crippen LogP contribution is 2.16. The molecule has 0 radical (unpaired) electrons. The zero-order valence-corrected chi connectivity index (χ0v) is 11.6. The van der Waals surface area contributed by atoms with Gasteiger partial charge in [-0.15, -0.1) is 0 Å². The van der Waals surface area contributed by atoms with Crippen LogP contribution in [-0.2, 0) is 4.79 Å². The van der Waals surface area contributed by atoms with E-state index in [9.17, 15) is 9.18 Å². The first-order chi connectivity index (χ1) is 9.54. The molecule has 0 saturated heterocycles. The maximum absolute atomic E-state index is 12.8. The van der Waals surface area contributed by atoms with Gasteiger partial charge < -0.3 is 10.6 Å². The summed E-state index contributed by atoms with van der Waals surface area (Å²) in [6.45, 7) is 1.73. The van der Waals surface area contributed by atoms with Gasteiger partial charge in [0.25, 0.3) is 0 Å². The van der Waals surface area contributed by atoms with Crippen molar-refractivity contribution in [2.24, 2.45) is 0 Å². The van der Waals surface area contributed by atoms with Gasteiger partial charge in [0.15, 0.2) is 0 Å². The first-order valence-electron chi connectivity index (χ1n) is 6.13. The molecule has 0 aliphatic carbocycles. The van der Waals surface area contributed by atoms with Gasteiger partial charge in [0.1, 0.15) is 11.9 Å². The van der Waals surface area contributed by atoms with Crippen LogP contribution in [-0.4, -0.2) is 11.9 Å². The van der Waals surface area contributed by atoms with Crippen molar-refractivity contribution in [1.29, 1.82) is 0 Å². The van der Waals surface area contributed by atoms with Crippen molar-refractivity contribution in [2.75, 3.05) is 10.6 Å². The van der Waals surface area contributed by atoms with Crippen LogP contribution in [0.25, 0.3) is 0 Å². The average molecular weight is 293 g/mol. The molecule has 2 aromatic rings. The van der Waals surface area contributed by atoms with Crippen LogP contribution < -0.4 is 10.6 Å². The fraction of sp³-hybridized carbons (Fsp3) is 0.133. The van der Waals surface area contributed by atoms with Crippen LogP contribution in [0, 0.1) is 5.82 Å². The summed E-state index contributed by atoms with van der Waals surface area (Å²) in [6, 6.07) is 12.3. The lowest BCUT2D eigenvalue weighted by Crippen LogP contribution is -2.31. The Balaban J connectivity index is 1.96. The lowest BCUT2D eigenvalue weighted by molar-refractivity contribution is -0.116. The first-order valence-corrected chi connectivity index (χ1v) is 6.51. The summed E-state index contributed by atoms with van der Waals surface area (Å²) in [5.74, 6) is -0.511. The maximum atomic E-state index is 12.8. The second-order valence-electron chi connectivity index (χ2n) is 4.37. The molecule has 2 aromatic carbocycles. The summed E-state index contributed by atoms with van der Waals surface area (Å²) < 4.78 is 12.8. The minimum absolute atomic E-state index is 0.198. The molecule has 0 saturated carbocycles. The Hall–Kier alpha value is -2.07. The number of anilines is 2. The molecule has 0 aliphatic rings. The molecular weight excluding hydrogens is 279 g/mol. The van der Waals surface area contributed by atoms with Gasteiger partial charge in [-0.3, -0.25) is 4.79 Å². The summed E-state index contributed by atoms with van der Waals surface area (Å²) in [4.78, 5) is 12.0. The fourth-order valence-electron chi connectivity index (χ4n) is 1.68. The van der Waals surface area contributed by atoms with E-state index in [1.54, 1.807) is 43.3 Å². The summed E-state index contributed by atoms with van der Waals surface area (Å²) in [6.07, 6.45) is 0. The molecule has 2 rings (SSSR count). The van der Waals surface area contributed by atoms with Gasteiger partial charge in [-0.05, 0) is 49.4 Å². The second kappa shape index (κ2) is 6.39. The van der Waals surface area contributed by atoms with Gasteiger partial charge in [0, 0.05) is 16.4 Å². The van der Waals surface area contributed by atoms with Crippen molar-refractivity contribution < 1.29 is 9.18 Å². The monoisotopic (exact) mass is 292 g/mol. The van der Waals surface area contributed by atoms with Crippen LogP contribution in [0.1, 0.15) is 6.92 Å². The molecule has 1 amide bonds. The van der Waals surface area contributed by atoms with E-state index in [2.05, 4.69) is 10.6 Å². The summed E-state index contributed by atoms with van der Waals surface area (Å²) in [5, 5.41) is 6.30. The van der Waals surface area contributed by atoms with Crippen LogP contribution >= 0.6 is 11.6 Å². The number of benzene rings is 2. The van der Waals surface area contributed by atoms with E-state index in [0.717, 1.165) is 0 Å². The topological polar surface area (TPSA) is 41.1 Å². The zero-order chi connectivity index (χ0) is 14.5. The Morgan fingerprint density at radius 2 is 1.85 bits per heavy atom. The Kier molecular flexibility index (Phi) is 4.58. The Bertz CT molecular complexity index is 601. The molecule has 2 N–H and O–H groups in total. The molecule has 0 heterocycles. The average Bonchev–Trinajstić information content (AvgIpc) is 2.41. The third-order valence-corrected chi connectivity index (χ3v) is 2.95. The van der Waals surface area contributed by atoms with E-state index >= 15 is 0 Å². The predicted molar refractivity (Wildman–Crippen MR) is 79.6 cm³/mol. The second-order valence-corrected chi connectivity index (χ2v) is 4.81. The minimum Gasteiger partial charge on any atom is -0.374 e. The third kappa shape index (κ3) is 3.96. The molecular formula is C15H14ClFN2O. The standard InChI is InChI=1S/C15H14ClFN2O/c1-10(18-13-7-5-12(17)6-8-13)15(20)19-14-4-2-3-11(16)9-14/h2-10,18H,1H3,(H,19,20). The molecule has 1 unspecified atom stereocenters. The SMILES string of the molecule is CC(Nc1ccc(F)cc1)C(=O)Nc1cccc(Cl)c1. The van der Waals surface area contributed by atoms with E-state index in [-0.39, 0.29) is 11.7 Å². The number of amides is 1. The van der Waals surface area contributed by atoms with Crippen molar-refractivity contribution in [2.45, 2.75) is 13.0 Å². The minimum atomic E-state index is -0.459. The smallest absolute Gasteiger partial charge is 0.246 e. The van der Waals surface area contributed by atoms with Crippen molar-refractivity contribution in [3.05, 3.63) is 59.4 Å². The molecule has 3 nitrogen and oxygen atoms in total. The van der Waals surface area contributed by atoms with Gasteiger partial charge in [-0.1, -0.05) is 17.7 Å². The van der Waals surface area contributed by atoms with Crippen molar-refractivity contribution >= 4 is 28.9 Å². The molecule has 0 bridgehead atoms. The van der Waals surface area contributed by atoms with Crippen LogP contribution in [0.3, 0.4) is 0 Å². The predicted octanol–water partition coefficient (Wildman–Crippen LogP) is 3.92. The van der Waals surface area contributed by atoms with Crippen LogP contribution in [0.2, 0.25) is 5.02 Å². The number of halogens is 2. The molecule has 0 spiro atoms. The fourth-order valence-corrected chi connectivity index (χ4v) is 1.87. The van der Waals surface area contributed by atoms with E-state index < -0.39 is 6.04 Å². The first kappa shape index (κ1) is 14.3. The molecule has 1 atom stereocenters. The number of carbonyl (C=O) groups excluding carboxylic acids is 1. The number of hydrogen-bond acceptors (Lipinski definition) is 2. The summed E-state index contributed by atoms with van der Waals surface area (Å²) in [5.41, 5.74) is 1.32. The van der Waals surface area contributed by atoms with Crippen molar-refractivity contribution in [3.8, 4) is 0 Å². The molecule has 0 fully saturated rings. The highest BCUT2D eigenvalue weighted by Gasteiger charge is 2.12. The molecule has 5 heteroatoms. The van der Waals surface area contributed by atoms with Gasteiger partial charge in [-0.2, -0.15) is 0 Å². The highest BCUT2D eigenvalue weighted by molar-refractivity contribution is 6.30. The van der Waals surface area contributed by atoms with Gasteiger partial charge in [0.05, 0.1) is 0 Å². The quantitative estimate of drug-likeness (QED) is 0.897. The van der Waals surface area contributed by atoms with Crippen molar-refractivity contribution in [3.63, 3.8) is 0 Å². The largest absolute Gasteiger partial charge is 0.374 e. The highest BCUT2D eigenvalue weighted by atomic mass is 35.5. The van der Waals surface area contributed by atoms with E-state index in [4.69, 9.17) is 11.6 Å². The normalized spacial score (nSPS) is 11.8. The van der Waals surface area contributed by atoms with Crippen LogP contribution in [0.15, 0.2) is 48.5 Å². The Morgan fingerprint density at radius 1 is 1.15 bits per heavy atom. The third-order valence-electron chi connectivity index (χ3n) is 2.71. The van der Waals surface area contributed by atoms with E-state index in [0.29, 0.717) is 16.4 Å². The van der Waals surface area contributed by atoms with Gasteiger partial charge in [-0.25, -0.2) is 4.39 Å². The molecule has 0 aromatic heterocycles. The Morgan fingerprint density at radius 3 is 2.50 bits per heavy atom. The summed E-state index contributed by atoms with van der Waals surface area (Å²) in [7, 11) is 0. The maximum Gasteiger partial charge on any atom is 0.246 e. The van der Waals surface area contributed by atoms with Crippen LogP contribution in [0.5, 0.6) is 0 Å². The van der Waals surface area contributed by atoms with E-state index in [1.807, 2.05) is 0 Å². The number of nitrogens with one attached hydrogen (secondary N) is 2. The summed E-state index contributed by atoms with van der Waals surface area (Å²) >= 11 is 5.85. The Labute approximate surface area is 121 Å². The molecule has 0 aliphatic heterocycles. The number of rotatable bonds is 4. The lowest BCUT2D eigenvalue weighted by atomic mass is 10.2.